The van der Waals surface area contributed by atoms with E-state index in [1.807, 2.05) is 30.3 Å². The number of hydrogen-bond donors (Lipinski definition) is 1. The molecule has 2 aromatic carbocycles. The number of halogens is 2. The zero-order valence-electron chi connectivity index (χ0n) is 11.0. The largest absolute Gasteiger partial charge is 0.358 e. The van der Waals surface area contributed by atoms with Crippen molar-refractivity contribution in [3.05, 3.63) is 52.0 Å². The van der Waals surface area contributed by atoms with Gasteiger partial charge in [0.05, 0.1) is 11.4 Å². The summed E-state index contributed by atoms with van der Waals surface area (Å²) < 4.78 is 0. The zero-order chi connectivity index (χ0) is 14.8. The predicted molar refractivity (Wildman–Crippen MR) is 87.5 cm³/mol. The molecule has 21 heavy (non-hydrogen) atoms. The second-order valence-electron chi connectivity index (χ2n) is 5.07. The Kier molecular flexibility index (Phi) is 2.74. The van der Waals surface area contributed by atoms with Gasteiger partial charge in [-0.15, -0.1) is 0 Å². The van der Waals surface area contributed by atoms with Crippen LogP contribution in [0.25, 0.3) is 0 Å². The first-order valence-corrected chi connectivity index (χ1v) is 7.93. The fourth-order valence-corrected chi connectivity index (χ4v) is 4.52. The molecule has 1 spiro atoms. The third kappa shape index (κ3) is 1.73. The highest BCUT2D eigenvalue weighted by molar-refractivity contribution is 8.01. The van der Waals surface area contributed by atoms with Crippen molar-refractivity contribution < 1.29 is 4.79 Å². The molecule has 2 aliphatic rings. The number of thioether (sulfide) groups is 1. The lowest BCUT2D eigenvalue weighted by Crippen LogP contribution is -2.39. The molecule has 1 amide bonds. The molecular formula is C15H10Cl2N2OS. The van der Waals surface area contributed by atoms with Crippen LogP contribution in [-0.2, 0) is 9.67 Å². The number of carbonyl (C=O) groups excluding carboxylic acids is 1. The van der Waals surface area contributed by atoms with Gasteiger partial charge in [-0.1, -0.05) is 35.0 Å². The Labute approximate surface area is 136 Å². The molecule has 1 atom stereocenters. The first-order chi connectivity index (χ1) is 10.0. The van der Waals surface area contributed by atoms with Crippen molar-refractivity contribution >= 4 is 52.2 Å². The first-order valence-electron chi connectivity index (χ1n) is 6.36. The second-order valence-corrected chi connectivity index (χ2v) is 7.20. The molecule has 0 radical (unpaired) electrons. The van der Waals surface area contributed by atoms with Crippen molar-refractivity contribution in [3.63, 3.8) is 0 Å². The monoisotopic (exact) mass is 336 g/mol. The first kappa shape index (κ1) is 13.3. The highest BCUT2D eigenvalue weighted by atomic mass is 35.5. The lowest BCUT2D eigenvalue weighted by Gasteiger charge is -2.22. The molecule has 1 N–H and O–H groups in total. The van der Waals surface area contributed by atoms with Crippen LogP contribution in [-0.4, -0.2) is 13.0 Å². The van der Waals surface area contributed by atoms with Crippen molar-refractivity contribution in [2.45, 2.75) is 9.77 Å². The van der Waals surface area contributed by atoms with Crippen LogP contribution in [0.5, 0.6) is 0 Å². The number of fused-ring (bicyclic) bond motifs is 3. The Balaban J connectivity index is 1.91. The summed E-state index contributed by atoms with van der Waals surface area (Å²) in [4.78, 5) is 14.6. The van der Waals surface area contributed by atoms with Crippen molar-refractivity contribution in [2.24, 2.45) is 0 Å². The maximum Gasteiger partial charge on any atom is 0.268 e. The van der Waals surface area contributed by atoms with Gasteiger partial charge >= 0.3 is 0 Å². The van der Waals surface area contributed by atoms with E-state index in [1.165, 1.54) is 11.8 Å². The fourth-order valence-electron chi connectivity index (χ4n) is 2.83. The van der Waals surface area contributed by atoms with Crippen LogP contribution >= 0.6 is 35.0 Å². The highest BCUT2D eigenvalue weighted by Gasteiger charge is 2.54. The summed E-state index contributed by atoms with van der Waals surface area (Å²) in [6.07, 6.45) is 0. The smallest absolute Gasteiger partial charge is 0.268 e. The second kappa shape index (κ2) is 4.32. The van der Waals surface area contributed by atoms with Crippen LogP contribution in [0.4, 0.5) is 11.4 Å². The Morgan fingerprint density at radius 3 is 2.67 bits per heavy atom. The van der Waals surface area contributed by atoms with Gasteiger partial charge in [0.25, 0.3) is 5.91 Å². The summed E-state index contributed by atoms with van der Waals surface area (Å²) in [7, 11) is 1.78. The summed E-state index contributed by atoms with van der Waals surface area (Å²) in [5.41, 5.74) is 2.64. The number of anilines is 2. The standard InChI is InChI=1S/C15H10Cl2N2OS/c1-19-12-4-2-8(16)6-10(12)15(14(19)20)18-11-7-9(17)3-5-13(11)21-15/h2-7,18H,1H3. The van der Waals surface area contributed by atoms with Crippen molar-refractivity contribution in [1.29, 1.82) is 0 Å². The SMILES string of the molecule is CN1C(=O)C2(Nc3cc(Cl)ccc3S2)c2cc(Cl)ccc21. The molecule has 0 bridgehead atoms. The fraction of sp³-hybridized carbons (Fsp3) is 0.133. The molecule has 6 heteroatoms. The topological polar surface area (TPSA) is 32.3 Å². The van der Waals surface area contributed by atoms with E-state index in [9.17, 15) is 4.79 Å². The number of benzene rings is 2. The Bertz CT molecular complexity index is 795. The Morgan fingerprint density at radius 1 is 1.14 bits per heavy atom. The van der Waals surface area contributed by atoms with E-state index < -0.39 is 4.87 Å². The van der Waals surface area contributed by atoms with Gasteiger partial charge in [-0.2, -0.15) is 0 Å². The number of carbonyl (C=O) groups is 1. The summed E-state index contributed by atoms with van der Waals surface area (Å²) in [6, 6.07) is 11.1. The number of amides is 1. The van der Waals surface area contributed by atoms with Crippen LogP contribution < -0.4 is 10.2 Å². The lowest BCUT2D eigenvalue weighted by molar-refractivity contribution is -0.119. The lowest BCUT2D eigenvalue weighted by atomic mass is 10.1. The summed E-state index contributed by atoms with van der Waals surface area (Å²) in [6.45, 7) is 0. The molecule has 0 aliphatic carbocycles. The van der Waals surface area contributed by atoms with Crippen LogP contribution in [0.15, 0.2) is 41.3 Å². The quantitative estimate of drug-likeness (QED) is 0.776. The van der Waals surface area contributed by atoms with E-state index >= 15 is 0 Å². The van der Waals surface area contributed by atoms with Crippen LogP contribution in [0.1, 0.15) is 5.56 Å². The summed E-state index contributed by atoms with van der Waals surface area (Å²) in [5.74, 6) is -0.00270. The molecule has 2 aliphatic heterocycles. The van der Waals surface area contributed by atoms with Gasteiger partial charge in [-0.3, -0.25) is 4.79 Å². The molecule has 0 fully saturated rings. The number of hydrogen-bond acceptors (Lipinski definition) is 3. The molecule has 0 saturated carbocycles. The molecule has 4 rings (SSSR count). The van der Waals surface area contributed by atoms with Crippen LogP contribution in [0, 0.1) is 0 Å². The minimum atomic E-state index is -0.845. The van der Waals surface area contributed by atoms with Crippen LogP contribution in [0.2, 0.25) is 10.0 Å². The van der Waals surface area contributed by atoms with Gasteiger partial charge in [0.1, 0.15) is 0 Å². The molecule has 2 heterocycles. The van der Waals surface area contributed by atoms with Gasteiger partial charge in [0.15, 0.2) is 4.87 Å². The number of nitrogens with zero attached hydrogens (tertiary/aromatic N) is 1. The van der Waals surface area contributed by atoms with E-state index in [4.69, 9.17) is 23.2 Å². The third-order valence-electron chi connectivity index (χ3n) is 3.82. The summed E-state index contributed by atoms with van der Waals surface area (Å²) in [5, 5.41) is 4.60. The normalized spacial score (nSPS) is 22.4. The molecular weight excluding hydrogens is 327 g/mol. The van der Waals surface area contributed by atoms with Crippen molar-refractivity contribution in [2.75, 3.05) is 17.3 Å². The van der Waals surface area contributed by atoms with E-state index in [0.717, 1.165) is 21.8 Å². The minimum absolute atomic E-state index is 0.00270. The third-order valence-corrected chi connectivity index (χ3v) is 5.67. The number of likely N-dealkylation sites (N-methyl/N-ethyl adjacent to an activating group) is 1. The zero-order valence-corrected chi connectivity index (χ0v) is 13.3. The summed E-state index contributed by atoms with van der Waals surface area (Å²) >= 11 is 13.7. The molecule has 1 unspecified atom stereocenters. The van der Waals surface area contributed by atoms with Crippen molar-refractivity contribution in [3.8, 4) is 0 Å². The average Bonchev–Trinajstić information content (AvgIpc) is 2.92. The molecule has 0 aromatic heterocycles. The van der Waals surface area contributed by atoms with Gasteiger partial charge in [-0.05, 0) is 36.4 Å². The highest BCUT2D eigenvalue weighted by Crippen LogP contribution is 2.57. The number of nitrogens with one attached hydrogen (secondary N) is 1. The van der Waals surface area contributed by atoms with E-state index in [0.29, 0.717) is 10.0 Å². The van der Waals surface area contributed by atoms with Crippen LogP contribution in [0.3, 0.4) is 0 Å². The molecule has 106 valence electrons. The van der Waals surface area contributed by atoms with Gasteiger partial charge in [0, 0.05) is 27.6 Å². The number of rotatable bonds is 0. The van der Waals surface area contributed by atoms with Gasteiger partial charge < -0.3 is 10.2 Å². The maximum atomic E-state index is 12.8. The Morgan fingerprint density at radius 2 is 1.86 bits per heavy atom. The van der Waals surface area contributed by atoms with Gasteiger partial charge in [0.2, 0.25) is 0 Å². The predicted octanol–water partition coefficient (Wildman–Crippen LogP) is 4.34. The van der Waals surface area contributed by atoms with E-state index in [-0.39, 0.29) is 5.91 Å². The molecule has 2 aromatic rings. The Hall–Kier alpha value is -1.36. The van der Waals surface area contributed by atoms with Gasteiger partial charge in [-0.25, -0.2) is 0 Å². The molecule has 0 saturated heterocycles. The van der Waals surface area contributed by atoms with E-state index in [2.05, 4.69) is 5.32 Å². The van der Waals surface area contributed by atoms with Crippen molar-refractivity contribution in [1.82, 2.24) is 0 Å². The maximum absolute atomic E-state index is 12.8. The van der Waals surface area contributed by atoms with E-state index in [1.54, 1.807) is 18.0 Å². The minimum Gasteiger partial charge on any atom is -0.358 e. The molecule has 3 nitrogen and oxygen atoms in total. The average molecular weight is 337 g/mol.